The smallest absolute Gasteiger partial charge is 0.251 e. The third kappa shape index (κ3) is 6.58. The largest absolute Gasteiger partial charge is 0.354 e. The summed E-state index contributed by atoms with van der Waals surface area (Å²) in [7, 11) is 0. The minimum Gasteiger partial charge on any atom is -0.354 e. The number of benzene rings is 1. The molecule has 2 N–H and O–H groups in total. The highest BCUT2D eigenvalue weighted by atomic mass is 16.2. The molecule has 1 fully saturated rings. The van der Waals surface area contributed by atoms with Crippen LogP contribution in [0.5, 0.6) is 0 Å². The lowest BCUT2D eigenvalue weighted by Crippen LogP contribution is -2.54. The predicted octanol–water partition coefficient (Wildman–Crippen LogP) is 2.76. The molecule has 0 aliphatic carbocycles. The molecule has 1 saturated heterocycles. The van der Waals surface area contributed by atoms with Crippen molar-refractivity contribution in [3.8, 4) is 0 Å². The molecule has 6 nitrogen and oxygen atoms in total. The second-order valence-electron chi connectivity index (χ2n) is 8.78. The average Bonchev–Trinajstić information content (AvgIpc) is 2.69. The Morgan fingerprint density at radius 3 is 2.31 bits per heavy atom. The Bertz CT molecular complexity index is 722. The van der Waals surface area contributed by atoms with Gasteiger partial charge in [-0.2, -0.15) is 0 Å². The number of likely N-dealkylation sites (tertiary alicyclic amines) is 1. The van der Waals surface area contributed by atoms with Gasteiger partial charge in [-0.25, -0.2) is 0 Å². The maximum Gasteiger partial charge on any atom is 0.251 e. The molecule has 0 saturated carbocycles. The summed E-state index contributed by atoms with van der Waals surface area (Å²) < 4.78 is 0. The van der Waals surface area contributed by atoms with Crippen LogP contribution in [0.1, 0.15) is 56.5 Å². The van der Waals surface area contributed by atoms with Gasteiger partial charge in [-0.1, -0.05) is 45.4 Å². The summed E-state index contributed by atoms with van der Waals surface area (Å²) in [6.45, 7) is 11.6. The summed E-state index contributed by atoms with van der Waals surface area (Å²) in [6, 6.07) is 6.76. The van der Waals surface area contributed by atoms with Crippen LogP contribution in [0.25, 0.3) is 0 Å². The Morgan fingerprint density at radius 2 is 1.76 bits per heavy atom. The van der Waals surface area contributed by atoms with E-state index in [4.69, 9.17) is 0 Å². The predicted molar refractivity (Wildman–Crippen MR) is 114 cm³/mol. The maximum absolute atomic E-state index is 12.9. The summed E-state index contributed by atoms with van der Waals surface area (Å²) in [5, 5.41) is 5.93. The first-order valence-electron chi connectivity index (χ1n) is 10.6. The fraction of sp³-hybridized carbons (Fsp3) is 0.609. The molecule has 0 aromatic heterocycles. The van der Waals surface area contributed by atoms with E-state index in [0.717, 1.165) is 5.56 Å². The van der Waals surface area contributed by atoms with Crippen LogP contribution in [0.15, 0.2) is 24.3 Å². The van der Waals surface area contributed by atoms with Crippen LogP contribution in [0.3, 0.4) is 0 Å². The zero-order chi connectivity index (χ0) is 21.6. The summed E-state index contributed by atoms with van der Waals surface area (Å²) >= 11 is 0. The highest BCUT2D eigenvalue weighted by Gasteiger charge is 2.34. The molecule has 1 aliphatic rings. The average molecular weight is 402 g/mol. The Morgan fingerprint density at radius 1 is 1.10 bits per heavy atom. The SMILES string of the molecule is Cc1cccc(C(=O)NC(C(=O)NCC(C)C)C2CCN(C(=O)C(C)C)CC2)c1. The second-order valence-corrected chi connectivity index (χ2v) is 8.78. The van der Waals surface area contributed by atoms with Gasteiger partial charge in [-0.05, 0) is 43.7 Å². The zero-order valence-electron chi connectivity index (χ0n) is 18.3. The van der Waals surface area contributed by atoms with Crippen molar-refractivity contribution in [2.75, 3.05) is 19.6 Å². The number of hydrogen-bond acceptors (Lipinski definition) is 3. The number of nitrogens with one attached hydrogen (secondary N) is 2. The molecule has 3 amide bonds. The van der Waals surface area contributed by atoms with Crippen molar-refractivity contribution in [2.24, 2.45) is 17.8 Å². The van der Waals surface area contributed by atoms with Gasteiger partial charge in [-0.15, -0.1) is 0 Å². The molecule has 6 heteroatoms. The standard InChI is InChI=1S/C23H35N3O3/c1-15(2)14-24-22(28)20(25-21(27)19-8-6-7-17(5)13-19)18-9-11-26(12-10-18)23(29)16(3)4/h6-8,13,15-16,18,20H,9-12,14H2,1-5H3,(H,24,28)(H,25,27). The van der Waals surface area contributed by atoms with E-state index < -0.39 is 6.04 Å². The number of rotatable bonds is 7. The number of piperidine rings is 1. The van der Waals surface area contributed by atoms with Crippen LogP contribution in [-0.4, -0.2) is 48.3 Å². The number of hydrogen-bond donors (Lipinski definition) is 2. The lowest BCUT2D eigenvalue weighted by atomic mass is 9.88. The molecule has 0 bridgehead atoms. The highest BCUT2D eigenvalue weighted by Crippen LogP contribution is 2.23. The number of amides is 3. The lowest BCUT2D eigenvalue weighted by molar-refractivity contribution is -0.136. The summed E-state index contributed by atoms with van der Waals surface area (Å²) in [5.74, 6) is 0.0721. The van der Waals surface area contributed by atoms with Crippen LogP contribution in [0.2, 0.25) is 0 Å². The molecule has 1 aromatic carbocycles. The minimum atomic E-state index is -0.599. The van der Waals surface area contributed by atoms with E-state index in [0.29, 0.717) is 44.0 Å². The van der Waals surface area contributed by atoms with Crippen molar-refractivity contribution in [3.05, 3.63) is 35.4 Å². The fourth-order valence-electron chi connectivity index (χ4n) is 3.64. The van der Waals surface area contributed by atoms with E-state index >= 15 is 0 Å². The van der Waals surface area contributed by atoms with Crippen LogP contribution in [0, 0.1) is 24.7 Å². The maximum atomic E-state index is 12.9. The third-order valence-corrected chi connectivity index (χ3v) is 5.35. The third-order valence-electron chi connectivity index (χ3n) is 5.35. The first-order chi connectivity index (χ1) is 13.7. The van der Waals surface area contributed by atoms with E-state index in [1.54, 1.807) is 6.07 Å². The van der Waals surface area contributed by atoms with Crippen LogP contribution in [0.4, 0.5) is 0 Å². The second kappa shape index (κ2) is 10.4. The van der Waals surface area contributed by atoms with Crippen molar-refractivity contribution in [2.45, 2.75) is 53.5 Å². The molecule has 1 aliphatic heterocycles. The molecule has 1 atom stereocenters. The van der Waals surface area contributed by atoms with Gasteiger partial charge in [0, 0.05) is 31.1 Å². The van der Waals surface area contributed by atoms with Gasteiger partial charge in [0.15, 0.2) is 0 Å². The van der Waals surface area contributed by atoms with Gasteiger partial charge in [0.25, 0.3) is 5.91 Å². The van der Waals surface area contributed by atoms with E-state index in [2.05, 4.69) is 10.6 Å². The van der Waals surface area contributed by atoms with Gasteiger partial charge < -0.3 is 15.5 Å². The van der Waals surface area contributed by atoms with Crippen molar-refractivity contribution in [3.63, 3.8) is 0 Å². The first-order valence-corrected chi connectivity index (χ1v) is 10.6. The van der Waals surface area contributed by atoms with Crippen molar-refractivity contribution in [1.29, 1.82) is 0 Å². The molecular formula is C23H35N3O3. The molecular weight excluding hydrogens is 366 g/mol. The normalized spacial score (nSPS) is 16.0. The van der Waals surface area contributed by atoms with E-state index in [1.807, 2.05) is 57.7 Å². The van der Waals surface area contributed by atoms with Gasteiger partial charge >= 0.3 is 0 Å². The van der Waals surface area contributed by atoms with Gasteiger partial charge in [0.05, 0.1) is 0 Å². The Labute approximate surface area is 174 Å². The van der Waals surface area contributed by atoms with Crippen molar-refractivity contribution in [1.82, 2.24) is 15.5 Å². The molecule has 2 rings (SSSR count). The topological polar surface area (TPSA) is 78.5 Å². The first kappa shape index (κ1) is 22.9. The van der Waals surface area contributed by atoms with Crippen LogP contribution < -0.4 is 10.6 Å². The Hall–Kier alpha value is -2.37. The number of nitrogens with zero attached hydrogens (tertiary/aromatic N) is 1. The molecule has 29 heavy (non-hydrogen) atoms. The van der Waals surface area contributed by atoms with Gasteiger partial charge in [0.2, 0.25) is 11.8 Å². The van der Waals surface area contributed by atoms with Gasteiger partial charge in [-0.3, -0.25) is 14.4 Å². The van der Waals surface area contributed by atoms with E-state index in [-0.39, 0.29) is 29.6 Å². The number of aryl methyl sites for hydroxylation is 1. The molecule has 160 valence electrons. The highest BCUT2D eigenvalue weighted by molar-refractivity contribution is 5.97. The number of carbonyl (C=O) groups is 3. The quantitative estimate of drug-likeness (QED) is 0.737. The Balaban J connectivity index is 2.10. The van der Waals surface area contributed by atoms with E-state index in [9.17, 15) is 14.4 Å². The monoisotopic (exact) mass is 401 g/mol. The molecule has 1 aromatic rings. The molecule has 0 spiro atoms. The lowest BCUT2D eigenvalue weighted by Gasteiger charge is -2.36. The van der Waals surface area contributed by atoms with Crippen LogP contribution in [-0.2, 0) is 9.59 Å². The zero-order valence-corrected chi connectivity index (χ0v) is 18.3. The minimum absolute atomic E-state index is 0.00661. The summed E-state index contributed by atoms with van der Waals surface area (Å²) in [4.78, 5) is 39.8. The van der Waals surface area contributed by atoms with Gasteiger partial charge in [0.1, 0.15) is 6.04 Å². The Kier molecular flexibility index (Phi) is 8.23. The summed E-state index contributed by atoms with van der Waals surface area (Å²) in [5.41, 5.74) is 1.55. The fourth-order valence-corrected chi connectivity index (χ4v) is 3.64. The van der Waals surface area contributed by atoms with Crippen molar-refractivity contribution >= 4 is 17.7 Å². The van der Waals surface area contributed by atoms with Crippen molar-refractivity contribution < 1.29 is 14.4 Å². The van der Waals surface area contributed by atoms with Crippen LogP contribution >= 0.6 is 0 Å². The number of carbonyl (C=O) groups excluding carboxylic acids is 3. The molecule has 1 unspecified atom stereocenters. The summed E-state index contributed by atoms with van der Waals surface area (Å²) in [6.07, 6.45) is 1.40. The molecule has 0 radical (unpaired) electrons. The van der Waals surface area contributed by atoms with E-state index in [1.165, 1.54) is 0 Å². The molecule has 1 heterocycles.